The van der Waals surface area contributed by atoms with Gasteiger partial charge in [0.15, 0.2) is 0 Å². The summed E-state index contributed by atoms with van der Waals surface area (Å²) in [5.74, 6) is 1.14. The Morgan fingerprint density at radius 2 is 2.00 bits per heavy atom. The zero-order valence-electron chi connectivity index (χ0n) is 12.4. The maximum absolute atomic E-state index is 11.0. The smallest absolute Gasteiger partial charge is 0.272 e. The summed E-state index contributed by atoms with van der Waals surface area (Å²) in [6.45, 7) is 4.82. The highest BCUT2D eigenvalue weighted by atomic mass is 16.6. The van der Waals surface area contributed by atoms with Crippen LogP contribution < -0.4 is 10.1 Å². The van der Waals surface area contributed by atoms with E-state index in [4.69, 9.17) is 4.74 Å². The van der Waals surface area contributed by atoms with E-state index in [2.05, 4.69) is 10.3 Å². The molecule has 0 bridgehead atoms. The van der Waals surface area contributed by atoms with Crippen molar-refractivity contribution in [3.05, 3.63) is 51.7 Å². The van der Waals surface area contributed by atoms with Gasteiger partial charge in [0.05, 0.1) is 4.92 Å². The highest BCUT2D eigenvalue weighted by Crippen LogP contribution is 2.32. The Hall–Kier alpha value is -2.96. The van der Waals surface area contributed by atoms with Crippen LogP contribution in [-0.2, 0) is 4.79 Å². The molecule has 0 fully saturated rings. The zero-order valence-corrected chi connectivity index (χ0v) is 12.4. The second-order valence-electron chi connectivity index (χ2n) is 4.75. The first-order valence-corrected chi connectivity index (χ1v) is 6.54. The maximum atomic E-state index is 11.0. The van der Waals surface area contributed by atoms with Gasteiger partial charge in [0.2, 0.25) is 5.91 Å². The average molecular weight is 301 g/mol. The quantitative estimate of drug-likeness (QED) is 0.690. The normalized spacial score (nSPS) is 10.1. The molecule has 0 saturated carbocycles. The molecule has 0 atom stereocenters. The van der Waals surface area contributed by atoms with Gasteiger partial charge in [-0.25, -0.2) is 4.98 Å². The molecule has 1 aromatic carbocycles. The Morgan fingerprint density at radius 3 is 2.64 bits per heavy atom. The van der Waals surface area contributed by atoms with Crippen molar-refractivity contribution in [2.75, 3.05) is 5.32 Å². The molecule has 0 aliphatic carbocycles. The molecule has 114 valence electrons. The second-order valence-corrected chi connectivity index (χ2v) is 4.75. The molecule has 7 heteroatoms. The van der Waals surface area contributed by atoms with Crippen LogP contribution in [0.25, 0.3) is 0 Å². The van der Waals surface area contributed by atoms with Crippen molar-refractivity contribution in [2.45, 2.75) is 20.8 Å². The summed E-state index contributed by atoms with van der Waals surface area (Å²) in [6.07, 6.45) is 1.51. The van der Waals surface area contributed by atoms with E-state index in [1.54, 1.807) is 32.0 Å². The molecule has 1 heterocycles. The number of anilines is 1. The number of carbonyl (C=O) groups excluding carboxylic acids is 1. The minimum Gasteiger partial charge on any atom is -0.457 e. The number of nitro groups is 1. The Bertz CT molecular complexity index is 744. The van der Waals surface area contributed by atoms with Gasteiger partial charge in [-0.1, -0.05) is 0 Å². The zero-order chi connectivity index (χ0) is 16.3. The summed E-state index contributed by atoms with van der Waals surface area (Å²) in [4.78, 5) is 25.5. The van der Waals surface area contributed by atoms with E-state index in [-0.39, 0.29) is 11.6 Å². The molecule has 0 spiro atoms. The summed E-state index contributed by atoms with van der Waals surface area (Å²) >= 11 is 0. The SMILES string of the molecule is CC(=O)Nc1cc(Oc2ccc([N+](=O)[O-])c(C)c2C)ccn1. The summed E-state index contributed by atoms with van der Waals surface area (Å²) < 4.78 is 5.73. The first-order chi connectivity index (χ1) is 10.4. The molecule has 0 unspecified atom stereocenters. The summed E-state index contributed by atoms with van der Waals surface area (Å²) in [7, 11) is 0. The molecule has 22 heavy (non-hydrogen) atoms. The Labute approximate surface area is 127 Å². The van der Waals surface area contributed by atoms with Gasteiger partial charge in [0, 0.05) is 36.4 Å². The molecule has 0 radical (unpaired) electrons. The molecular formula is C15H15N3O4. The molecule has 2 aromatic rings. The van der Waals surface area contributed by atoms with Gasteiger partial charge in [-0.2, -0.15) is 0 Å². The van der Waals surface area contributed by atoms with Crippen LogP contribution in [0.2, 0.25) is 0 Å². The minimum atomic E-state index is -0.423. The molecule has 1 N–H and O–H groups in total. The van der Waals surface area contributed by atoms with Crippen LogP contribution in [-0.4, -0.2) is 15.8 Å². The van der Waals surface area contributed by atoms with Crippen molar-refractivity contribution in [1.82, 2.24) is 4.98 Å². The van der Waals surface area contributed by atoms with Crippen LogP contribution in [0.5, 0.6) is 11.5 Å². The number of pyridine rings is 1. The van der Waals surface area contributed by atoms with Crippen LogP contribution in [0.15, 0.2) is 30.5 Å². The van der Waals surface area contributed by atoms with E-state index in [1.165, 1.54) is 19.2 Å². The number of carbonyl (C=O) groups is 1. The molecule has 2 rings (SSSR count). The van der Waals surface area contributed by atoms with Gasteiger partial charge in [0.25, 0.3) is 5.69 Å². The first-order valence-electron chi connectivity index (χ1n) is 6.54. The molecule has 1 aromatic heterocycles. The third kappa shape index (κ3) is 3.38. The van der Waals surface area contributed by atoms with Gasteiger partial charge in [-0.05, 0) is 26.0 Å². The van der Waals surface area contributed by atoms with Crippen LogP contribution in [0, 0.1) is 24.0 Å². The highest BCUT2D eigenvalue weighted by Gasteiger charge is 2.15. The van der Waals surface area contributed by atoms with Gasteiger partial charge in [0.1, 0.15) is 17.3 Å². The van der Waals surface area contributed by atoms with Crippen LogP contribution in [0.4, 0.5) is 11.5 Å². The number of rotatable bonds is 4. The molecule has 0 saturated heterocycles. The predicted octanol–water partition coefficient (Wildman–Crippen LogP) is 3.36. The molecule has 1 amide bonds. The number of nitrogens with one attached hydrogen (secondary N) is 1. The fourth-order valence-corrected chi connectivity index (χ4v) is 1.94. The van der Waals surface area contributed by atoms with Gasteiger partial charge in [-0.3, -0.25) is 14.9 Å². The number of aromatic nitrogens is 1. The number of hydrogen-bond acceptors (Lipinski definition) is 5. The van der Waals surface area contributed by atoms with E-state index in [0.717, 1.165) is 0 Å². The Balaban J connectivity index is 2.30. The largest absolute Gasteiger partial charge is 0.457 e. The number of amides is 1. The number of hydrogen-bond donors (Lipinski definition) is 1. The number of nitrogens with zero attached hydrogens (tertiary/aromatic N) is 2. The number of ether oxygens (including phenoxy) is 1. The van der Waals surface area contributed by atoms with E-state index in [9.17, 15) is 14.9 Å². The monoisotopic (exact) mass is 301 g/mol. The van der Waals surface area contributed by atoms with Crippen molar-refractivity contribution < 1.29 is 14.5 Å². The topological polar surface area (TPSA) is 94.4 Å². The van der Waals surface area contributed by atoms with Crippen LogP contribution in [0.1, 0.15) is 18.1 Å². The second kappa shape index (κ2) is 6.21. The summed E-state index contributed by atoms with van der Waals surface area (Å²) in [5.41, 5.74) is 1.30. The van der Waals surface area contributed by atoms with E-state index < -0.39 is 4.92 Å². The Morgan fingerprint density at radius 1 is 1.27 bits per heavy atom. The third-order valence-corrected chi connectivity index (χ3v) is 3.17. The maximum Gasteiger partial charge on any atom is 0.272 e. The summed E-state index contributed by atoms with van der Waals surface area (Å²) in [6, 6.07) is 6.19. The lowest BCUT2D eigenvalue weighted by atomic mass is 10.1. The molecule has 0 aliphatic rings. The lowest BCUT2D eigenvalue weighted by molar-refractivity contribution is -0.385. The third-order valence-electron chi connectivity index (χ3n) is 3.17. The van der Waals surface area contributed by atoms with Crippen molar-refractivity contribution in [3.63, 3.8) is 0 Å². The summed E-state index contributed by atoms with van der Waals surface area (Å²) in [5, 5.41) is 13.5. The molecule has 7 nitrogen and oxygen atoms in total. The number of nitro benzene ring substituents is 1. The van der Waals surface area contributed by atoms with E-state index >= 15 is 0 Å². The van der Waals surface area contributed by atoms with Gasteiger partial charge in [-0.15, -0.1) is 0 Å². The predicted molar refractivity (Wildman–Crippen MR) is 81.2 cm³/mol. The van der Waals surface area contributed by atoms with Gasteiger partial charge >= 0.3 is 0 Å². The van der Waals surface area contributed by atoms with Gasteiger partial charge < -0.3 is 10.1 Å². The molecule has 0 aliphatic heterocycles. The standard InChI is InChI=1S/C15H15N3O4/c1-9-10(2)14(5-4-13(9)18(20)21)22-12-6-7-16-15(8-12)17-11(3)19/h4-8H,1-3H3,(H,16,17,19). The highest BCUT2D eigenvalue weighted by molar-refractivity contribution is 5.87. The fraction of sp³-hybridized carbons (Fsp3) is 0.200. The van der Waals surface area contributed by atoms with E-state index in [0.29, 0.717) is 28.4 Å². The number of benzene rings is 1. The van der Waals surface area contributed by atoms with Crippen molar-refractivity contribution >= 4 is 17.4 Å². The van der Waals surface area contributed by atoms with Crippen molar-refractivity contribution in [3.8, 4) is 11.5 Å². The van der Waals surface area contributed by atoms with Crippen molar-refractivity contribution in [2.24, 2.45) is 0 Å². The lowest BCUT2D eigenvalue weighted by Gasteiger charge is -2.11. The fourth-order valence-electron chi connectivity index (χ4n) is 1.94. The van der Waals surface area contributed by atoms with Crippen LogP contribution >= 0.6 is 0 Å². The molecular weight excluding hydrogens is 286 g/mol. The lowest BCUT2D eigenvalue weighted by Crippen LogP contribution is -2.07. The van der Waals surface area contributed by atoms with Crippen molar-refractivity contribution in [1.29, 1.82) is 0 Å². The minimum absolute atomic E-state index is 0.0542. The van der Waals surface area contributed by atoms with E-state index in [1.807, 2.05) is 0 Å². The first kappa shape index (κ1) is 15.4. The average Bonchev–Trinajstić information content (AvgIpc) is 2.43. The Kier molecular flexibility index (Phi) is 4.36. The van der Waals surface area contributed by atoms with Crippen LogP contribution in [0.3, 0.4) is 0 Å².